The highest BCUT2D eigenvalue weighted by Gasteiger charge is 2.14. The zero-order valence-corrected chi connectivity index (χ0v) is 20.7. The molecule has 0 nitrogen and oxygen atoms in total. The third-order valence-corrected chi connectivity index (χ3v) is 7.31. The van der Waals surface area contributed by atoms with Gasteiger partial charge < -0.3 is 0 Å². The molecule has 1 aliphatic carbocycles. The lowest BCUT2D eigenvalue weighted by molar-refractivity contribution is 1.12. The van der Waals surface area contributed by atoms with Crippen LogP contribution >= 0.6 is 15.9 Å². The molecule has 0 aromatic heterocycles. The molecular formula is C32H27Br. The number of benzene rings is 4. The van der Waals surface area contributed by atoms with Crippen LogP contribution in [0.1, 0.15) is 32.3 Å². The predicted molar refractivity (Wildman–Crippen MR) is 148 cm³/mol. The Labute approximate surface area is 204 Å². The van der Waals surface area contributed by atoms with E-state index in [4.69, 9.17) is 0 Å². The molecule has 0 N–H and O–H groups in total. The fourth-order valence-electron chi connectivity index (χ4n) is 4.84. The Morgan fingerprint density at radius 2 is 1.39 bits per heavy atom. The molecule has 1 heteroatoms. The van der Waals surface area contributed by atoms with Crippen LogP contribution in [0.15, 0.2) is 95.5 Å². The molecule has 162 valence electrons. The molecule has 1 aliphatic rings. The molecule has 0 radical (unpaired) electrons. The molecule has 5 rings (SSSR count). The molecule has 0 aliphatic heterocycles. The van der Waals surface area contributed by atoms with E-state index in [0.29, 0.717) is 0 Å². The van der Waals surface area contributed by atoms with Gasteiger partial charge in [0.25, 0.3) is 0 Å². The minimum atomic E-state index is 1.08. The van der Waals surface area contributed by atoms with E-state index < -0.39 is 0 Å². The number of fused-ring (bicyclic) bond motifs is 2. The van der Waals surface area contributed by atoms with Gasteiger partial charge in [-0.15, -0.1) is 0 Å². The van der Waals surface area contributed by atoms with Gasteiger partial charge >= 0.3 is 0 Å². The van der Waals surface area contributed by atoms with Crippen LogP contribution in [-0.4, -0.2) is 0 Å². The van der Waals surface area contributed by atoms with Gasteiger partial charge in [0.15, 0.2) is 0 Å². The maximum absolute atomic E-state index is 3.95. The van der Waals surface area contributed by atoms with Crippen LogP contribution in [0.25, 0.3) is 50.8 Å². The van der Waals surface area contributed by atoms with Crippen molar-refractivity contribution in [3.05, 3.63) is 111 Å². The Kier molecular flexibility index (Phi) is 6.15. The Balaban J connectivity index is 1.79. The topological polar surface area (TPSA) is 0 Å². The quantitative estimate of drug-likeness (QED) is 0.252. The monoisotopic (exact) mass is 490 g/mol. The standard InChI is InChI=1S/C32H27Br/c1-3-10-22(4-2)26-19-20-29-30(21-26)31(27-13-8-9-14-28(27)32(29)33)25-17-15-24(16-18-25)23-11-6-5-7-12-23/h3-7,10-21H,8-9H2,1-2H3/b10-3-,22-4+. The summed E-state index contributed by atoms with van der Waals surface area (Å²) in [6, 6.07) is 26.5. The number of hydrogen-bond acceptors (Lipinski definition) is 0. The molecule has 4 aromatic rings. The Morgan fingerprint density at radius 1 is 0.727 bits per heavy atom. The van der Waals surface area contributed by atoms with Gasteiger partial charge in [0, 0.05) is 4.47 Å². The van der Waals surface area contributed by atoms with Crippen LogP contribution in [-0.2, 0) is 0 Å². The number of rotatable bonds is 4. The average Bonchev–Trinajstić information content (AvgIpc) is 2.88. The van der Waals surface area contributed by atoms with Gasteiger partial charge in [-0.2, -0.15) is 0 Å². The molecule has 0 saturated heterocycles. The van der Waals surface area contributed by atoms with E-state index >= 15 is 0 Å². The minimum Gasteiger partial charge on any atom is -0.0871 e. The Morgan fingerprint density at radius 3 is 2.09 bits per heavy atom. The highest BCUT2D eigenvalue weighted by Crippen LogP contribution is 2.33. The van der Waals surface area contributed by atoms with Crippen molar-refractivity contribution >= 4 is 44.4 Å². The third-order valence-electron chi connectivity index (χ3n) is 6.46. The number of halogens is 1. The third kappa shape index (κ3) is 4.03. The fraction of sp³-hybridized carbons (Fsp3) is 0.125. The first kappa shape index (κ1) is 21.7. The summed E-state index contributed by atoms with van der Waals surface area (Å²) in [4.78, 5) is 0. The predicted octanol–water partition coefficient (Wildman–Crippen LogP) is 8.27. The first-order chi connectivity index (χ1) is 16.2. The van der Waals surface area contributed by atoms with E-state index in [0.717, 1.165) is 12.8 Å². The van der Waals surface area contributed by atoms with Crippen molar-refractivity contribution in [2.45, 2.75) is 26.7 Å². The Hall–Kier alpha value is -3.16. The molecule has 0 fully saturated rings. The van der Waals surface area contributed by atoms with Crippen molar-refractivity contribution in [1.29, 1.82) is 0 Å². The number of hydrogen-bond donors (Lipinski definition) is 0. The largest absolute Gasteiger partial charge is 0.0871 e. The van der Waals surface area contributed by atoms with E-state index in [1.54, 1.807) is 0 Å². The lowest BCUT2D eigenvalue weighted by Crippen LogP contribution is -2.30. The summed E-state index contributed by atoms with van der Waals surface area (Å²) >= 11 is 3.95. The first-order valence-electron chi connectivity index (χ1n) is 11.6. The Bertz CT molecular complexity index is 1500. The van der Waals surface area contributed by atoms with E-state index in [9.17, 15) is 0 Å². The molecule has 33 heavy (non-hydrogen) atoms. The molecule has 0 amide bonds. The summed E-state index contributed by atoms with van der Waals surface area (Å²) in [5, 5.41) is 5.23. The second-order valence-electron chi connectivity index (χ2n) is 8.45. The molecule has 0 bridgehead atoms. The van der Waals surface area contributed by atoms with Gasteiger partial charge in [0.2, 0.25) is 0 Å². The van der Waals surface area contributed by atoms with E-state index in [2.05, 4.69) is 133 Å². The normalized spacial score (nSPS) is 13.6. The fourth-order valence-corrected chi connectivity index (χ4v) is 5.56. The maximum atomic E-state index is 3.95. The maximum Gasteiger partial charge on any atom is 0.0329 e. The summed E-state index contributed by atoms with van der Waals surface area (Å²) in [5.41, 5.74) is 7.58. The van der Waals surface area contributed by atoms with Crippen LogP contribution < -0.4 is 10.4 Å². The zero-order valence-electron chi connectivity index (χ0n) is 19.1. The minimum absolute atomic E-state index is 1.08. The second-order valence-corrected chi connectivity index (χ2v) is 9.24. The molecule has 0 atom stereocenters. The summed E-state index contributed by atoms with van der Waals surface area (Å²) in [7, 11) is 0. The molecule has 0 heterocycles. The van der Waals surface area contributed by atoms with E-state index in [1.807, 2.05) is 0 Å². The average molecular weight is 491 g/mol. The lowest BCUT2D eigenvalue weighted by Gasteiger charge is -2.16. The molecule has 0 unspecified atom stereocenters. The van der Waals surface area contributed by atoms with Crippen molar-refractivity contribution in [3.8, 4) is 22.3 Å². The van der Waals surface area contributed by atoms with Gasteiger partial charge in [-0.3, -0.25) is 0 Å². The van der Waals surface area contributed by atoms with Gasteiger partial charge in [-0.1, -0.05) is 97.1 Å². The highest BCUT2D eigenvalue weighted by atomic mass is 79.9. The molecule has 0 spiro atoms. The SMILES string of the molecule is C/C=C\C(=C/C)c1ccc2c(Br)c3c(c(-c4ccc(-c5ccccc5)cc4)c2c1)=CCCC=3. The smallest absolute Gasteiger partial charge is 0.0329 e. The number of allylic oxidation sites excluding steroid dienone is 4. The van der Waals surface area contributed by atoms with Crippen molar-refractivity contribution in [1.82, 2.24) is 0 Å². The summed E-state index contributed by atoms with van der Waals surface area (Å²) in [5.74, 6) is 0. The van der Waals surface area contributed by atoms with Crippen LogP contribution in [0.5, 0.6) is 0 Å². The zero-order chi connectivity index (χ0) is 22.8. The van der Waals surface area contributed by atoms with Gasteiger partial charge in [-0.25, -0.2) is 0 Å². The molecular weight excluding hydrogens is 464 g/mol. The van der Waals surface area contributed by atoms with Crippen molar-refractivity contribution in [3.63, 3.8) is 0 Å². The summed E-state index contributed by atoms with van der Waals surface area (Å²) < 4.78 is 1.20. The van der Waals surface area contributed by atoms with Crippen molar-refractivity contribution in [2.24, 2.45) is 0 Å². The van der Waals surface area contributed by atoms with Gasteiger partial charge in [-0.05, 0) is 103 Å². The molecule has 4 aromatic carbocycles. The van der Waals surface area contributed by atoms with Crippen LogP contribution in [0, 0.1) is 0 Å². The summed E-state index contributed by atoms with van der Waals surface area (Å²) in [6.45, 7) is 4.18. The molecule has 0 saturated carbocycles. The van der Waals surface area contributed by atoms with Crippen LogP contribution in [0.3, 0.4) is 0 Å². The van der Waals surface area contributed by atoms with Crippen molar-refractivity contribution < 1.29 is 0 Å². The first-order valence-corrected chi connectivity index (χ1v) is 12.4. The van der Waals surface area contributed by atoms with E-state index in [-0.39, 0.29) is 0 Å². The van der Waals surface area contributed by atoms with Crippen LogP contribution in [0.4, 0.5) is 0 Å². The van der Waals surface area contributed by atoms with E-state index in [1.165, 1.54) is 59.1 Å². The summed E-state index contributed by atoms with van der Waals surface area (Å²) in [6.07, 6.45) is 13.4. The lowest BCUT2D eigenvalue weighted by atomic mass is 9.89. The van der Waals surface area contributed by atoms with Gasteiger partial charge in [0.1, 0.15) is 0 Å². The second kappa shape index (κ2) is 9.37. The van der Waals surface area contributed by atoms with Gasteiger partial charge in [0.05, 0.1) is 0 Å². The van der Waals surface area contributed by atoms with Crippen molar-refractivity contribution in [2.75, 3.05) is 0 Å². The highest BCUT2D eigenvalue weighted by molar-refractivity contribution is 9.10. The van der Waals surface area contributed by atoms with Crippen LogP contribution in [0.2, 0.25) is 0 Å².